The van der Waals surface area contributed by atoms with Crippen LogP contribution in [0.5, 0.6) is 0 Å². The van der Waals surface area contributed by atoms with Crippen molar-refractivity contribution < 1.29 is 0 Å². The van der Waals surface area contributed by atoms with E-state index in [1.165, 1.54) is 16.9 Å². The predicted molar refractivity (Wildman–Crippen MR) is 58.8 cm³/mol. The van der Waals surface area contributed by atoms with Crippen LogP contribution in [0.4, 0.5) is 5.13 Å². The molecule has 0 atom stereocenters. The molecule has 0 aromatic carbocycles. The lowest BCUT2D eigenvalue weighted by molar-refractivity contribution is 1.15. The second kappa shape index (κ2) is 4.09. The Balaban J connectivity index is 1.93. The standard InChI is InChI=1S/C8H7ClN2S2/c9-7-5-13-8(11-7)10-3-6-1-2-12-4-6/h1-2,4-5H,3H2,(H,10,11). The van der Waals surface area contributed by atoms with Gasteiger partial charge in [0.15, 0.2) is 5.13 Å². The van der Waals surface area contributed by atoms with E-state index in [1.807, 2.05) is 5.38 Å². The van der Waals surface area contributed by atoms with Crippen molar-refractivity contribution >= 4 is 39.4 Å². The molecule has 0 aliphatic carbocycles. The van der Waals surface area contributed by atoms with E-state index < -0.39 is 0 Å². The Kier molecular flexibility index (Phi) is 2.83. The van der Waals surface area contributed by atoms with Crippen LogP contribution in [0.2, 0.25) is 5.15 Å². The average molecular weight is 231 g/mol. The van der Waals surface area contributed by atoms with Crippen molar-refractivity contribution in [3.8, 4) is 0 Å². The third-order valence-corrected chi connectivity index (χ3v) is 3.36. The molecule has 0 fully saturated rings. The summed E-state index contributed by atoms with van der Waals surface area (Å²) in [5.74, 6) is 0. The van der Waals surface area contributed by atoms with Crippen LogP contribution in [0.15, 0.2) is 22.2 Å². The number of rotatable bonds is 3. The monoisotopic (exact) mass is 230 g/mol. The Hall–Kier alpha value is -0.580. The number of hydrogen-bond donors (Lipinski definition) is 1. The molecule has 0 aliphatic heterocycles. The maximum absolute atomic E-state index is 5.68. The second-order valence-electron chi connectivity index (χ2n) is 2.46. The van der Waals surface area contributed by atoms with E-state index in [2.05, 4.69) is 27.1 Å². The first-order chi connectivity index (χ1) is 6.34. The van der Waals surface area contributed by atoms with E-state index in [4.69, 9.17) is 11.6 Å². The molecule has 2 heterocycles. The minimum Gasteiger partial charge on any atom is -0.357 e. The predicted octanol–water partition coefficient (Wildman–Crippen LogP) is 3.47. The summed E-state index contributed by atoms with van der Waals surface area (Å²) in [6.45, 7) is 0.813. The highest BCUT2D eigenvalue weighted by Gasteiger charge is 1.98. The second-order valence-corrected chi connectivity index (χ2v) is 4.49. The van der Waals surface area contributed by atoms with E-state index in [0.717, 1.165) is 11.7 Å². The topological polar surface area (TPSA) is 24.9 Å². The fourth-order valence-electron chi connectivity index (χ4n) is 0.906. The first-order valence-electron chi connectivity index (χ1n) is 3.70. The van der Waals surface area contributed by atoms with Gasteiger partial charge in [-0.3, -0.25) is 0 Å². The van der Waals surface area contributed by atoms with Gasteiger partial charge in [0.2, 0.25) is 0 Å². The molecule has 2 rings (SSSR count). The smallest absolute Gasteiger partial charge is 0.184 e. The van der Waals surface area contributed by atoms with Crippen molar-refractivity contribution in [1.82, 2.24) is 4.98 Å². The molecular weight excluding hydrogens is 224 g/mol. The molecule has 1 N–H and O–H groups in total. The molecule has 5 heteroatoms. The van der Waals surface area contributed by atoms with Crippen LogP contribution in [0, 0.1) is 0 Å². The molecule has 2 aromatic heterocycles. The van der Waals surface area contributed by atoms with Gasteiger partial charge in [-0.2, -0.15) is 11.3 Å². The summed E-state index contributed by atoms with van der Waals surface area (Å²) in [7, 11) is 0. The Labute approximate surface area is 89.2 Å². The number of nitrogens with one attached hydrogen (secondary N) is 1. The zero-order chi connectivity index (χ0) is 9.10. The van der Waals surface area contributed by atoms with Gasteiger partial charge in [0.25, 0.3) is 0 Å². The molecule has 13 heavy (non-hydrogen) atoms. The summed E-state index contributed by atoms with van der Waals surface area (Å²) >= 11 is 8.90. The van der Waals surface area contributed by atoms with Gasteiger partial charge in [0.1, 0.15) is 5.15 Å². The molecule has 0 bridgehead atoms. The van der Waals surface area contributed by atoms with Crippen LogP contribution in [-0.4, -0.2) is 4.98 Å². The molecule has 0 amide bonds. The van der Waals surface area contributed by atoms with Gasteiger partial charge in [0, 0.05) is 11.9 Å². The van der Waals surface area contributed by atoms with Crippen molar-refractivity contribution in [3.05, 3.63) is 32.9 Å². The van der Waals surface area contributed by atoms with Crippen molar-refractivity contribution in [2.45, 2.75) is 6.54 Å². The molecule has 0 radical (unpaired) electrons. The fourth-order valence-corrected chi connectivity index (χ4v) is 2.41. The molecule has 2 aromatic rings. The highest BCUT2D eigenvalue weighted by Crippen LogP contribution is 2.19. The normalized spacial score (nSPS) is 10.2. The highest BCUT2D eigenvalue weighted by atomic mass is 35.5. The number of halogens is 1. The van der Waals surface area contributed by atoms with Crippen LogP contribution in [0.1, 0.15) is 5.56 Å². The number of nitrogens with zero attached hydrogens (tertiary/aromatic N) is 1. The van der Waals surface area contributed by atoms with E-state index in [1.54, 1.807) is 11.3 Å². The number of hydrogen-bond acceptors (Lipinski definition) is 4. The Morgan fingerprint density at radius 2 is 2.38 bits per heavy atom. The molecule has 2 nitrogen and oxygen atoms in total. The van der Waals surface area contributed by atoms with Gasteiger partial charge in [-0.25, -0.2) is 4.98 Å². The minimum absolute atomic E-state index is 0.554. The van der Waals surface area contributed by atoms with Crippen LogP contribution in [0.3, 0.4) is 0 Å². The Morgan fingerprint density at radius 3 is 3.00 bits per heavy atom. The summed E-state index contributed by atoms with van der Waals surface area (Å²) in [4.78, 5) is 4.09. The van der Waals surface area contributed by atoms with Crippen molar-refractivity contribution in [1.29, 1.82) is 0 Å². The number of aromatic nitrogens is 1. The van der Waals surface area contributed by atoms with Crippen molar-refractivity contribution in [2.75, 3.05) is 5.32 Å². The third kappa shape index (κ3) is 2.43. The summed E-state index contributed by atoms with van der Waals surface area (Å²) in [6, 6.07) is 2.09. The fraction of sp³-hybridized carbons (Fsp3) is 0.125. The molecule has 0 unspecified atom stereocenters. The molecule has 68 valence electrons. The van der Waals surface area contributed by atoms with Gasteiger partial charge >= 0.3 is 0 Å². The largest absolute Gasteiger partial charge is 0.357 e. The molecule has 0 spiro atoms. The molecule has 0 saturated carbocycles. The van der Waals surface area contributed by atoms with Crippen LogP contribution >= 0.6 is 34.3 Å². The van der Waals surface area contributed by atoms with Crippen LogP contribution < -0.4 is 5.32 Å². The molecule has 0 saturated heterocycles. The van der Waals surface area contributed by atoms with Crippen molar-refractivity contribution in [3.63, 3.8) is 0 Å². The summed E-state index contributed by atoms with van der Waals surface area (Å²) in [5, 5.41) is 10.6. The lowest BCUT2D eigenvalue weighted by Crippen LogP contribution is -1.96. The average Bonchev–Trinajstić information content (AvgIpc) is 2.71. The first-order valence-corrected chi connectivity index (χ1v) is 5.90. The number of thiazole rings is 1. The Bertz CT molecular complexity index is 369. The summed E-state index contributed by atoms with van der Waals surface area (Å²) in [5.41, 5.74) is 1.27. The summed E-state index contributed by atoms with van der Waals surface area (Å²) in [6.07, 6.45) is 0. The zero-order valence-corrected chi connectivity index (χ0v) is 9.05. The highest BCUT2D eigenvalue weighted by molar-refractivity contribution is 7.14. The third-order valence-electron chi connectivity index (χ3n) is 1.50. The minimum atomic E-state index is 0.554. The lowest BCUT2D eigenvalue weighted by Gasteiger charge is -1.98. The van der Waals surface area contributed by atoms with E-state index in [9.17, 15) is 0 Å². The SMILES string of the molecule is Clc1csc(NCc2ccsc2)n1. The van der Waals surface area contributed by atoms with Crippen LogP contribution in [0.25, 0.3) is 0 Å². The van der Waals surface area contributed by atoms with Crippen LogP contribution in [-0.2, 0) is 6.54 Å². The van der Waals surface area contributed by atoms with Gasteiger partial charge in [-0.05, 0) is 22.4 Å². The van der Waals surface area contributed by atoms with Gasteiger partial charge in [0.05, 0.1) is 0 Å². The number of anilines is 1. The zero-order valence-electron chi connectivity index (χ0n) is 6.66. The quantitative estimate of drug-likeness (QED) is 0.874. The number of thiophene rings is 1. The lowest BCUT2D eigenvalue weighted by atomic mass is 10.3. The van der Waals surface area contributed by atoms with E-state index in [-0.39, 0.29) is 0 Å². The summed E-state index contributed by atoms with van der Waals surface area (Å²) < 4.78 is 0. The van der Waals surface area contributed by atoms with E-state index >= 15 is 0 Å². The van der Waals surface area contributed by atoms with E-state index in [0.29, 0.717) is 5.15 Å². The Morgan fingerprint density at radius 1 is 1.46 bits per heavy atom. The van der Waals surface area contributed by atoms with Gasteiger partial charge < -0.3 is 5.32 Å². The van der Waals surface area contributed by atoms with Gasteiger partial charge in [-0.15, -0.1) is 11.3 Å². The molecule has 0 aliphatic rings. The first kappa shape index (κ1) is 8.99. The van der Waals surface area contributed by atoms with Crippen molar-refractivity contribution in [2.24, 2.45) is 0 Å². The van der Waals surface area contributed by atoms with Gasteiger partial charge in [-0.1, -0.05) is 11.6 Å². The maximum atomic E-state index is 5.68. The molecular formula is C8H7ClN2S2. The maximum Gasteiger partial charge on any atom is 0.184 e.